The van der Waals surface area contributed by atoms with Crippen LogP contribution in [0.15, 0.2) is 22.6 Å². The second-order valence-corrected chi connectivity index (χ2v) is 10.4. The van der Waals surface area contributed by atoms with Crippen molar-refractivity contribution < 1.29 is 4.79 Å². The summed E-state index contributed by atoms with van der Waals surface area (Å²) in [6.07, 6.45) is 5.99. The van der Waals surface area contributed by atoms with Gasteiger partial charge in [0.25, 0.3) is 5.56 Å². The maximum Gasteiger partial charge on any atom is 0.263 e. The van der Waals surface area contributed by atoms with Crippen molar-refractivity contribution in [1.82, 2.24) is 14.9 Å². The Kier molecular flexibility index (Phi) is 5.82. The Labute approximate surface area is 168 Å². The topological polar surface area (TPSA) is 64.0 Å². The van der Waals surface area contributed by atoms with E-state index in [2.05, 4.69) is 11.9 Å². The molecule has 1 N–H and O–H groups in total. The van der Waals surface area contributed by atoms with Crippen molar-refractivity contribution in [3.8, 4) is 0 Å². The van der Waals surface area contributed by atoms with Gasteiger partial charge in [-0.15, -0.1) is 17.9 Å². The van der Waals surface area contributed by atoms with Gasteiger partial charge >= 0.3 is 0 Å². The van der Waals surface area contributed by atoms with Gasteiger partial charge in [-0.3, -0.25) is 14.2 Å². The highest BCUT2D eigenvalue weighted by Gasteiger charge is 2.25. The van der Waals surface area contributed by atoms with Crippen molar-refractivity contribution in [2.45, 2.75) is 75.9 Å². The van der Waals surface area contributed by atoms with Crippen LogP contribution in [-0.2, 0) is 24.2 Å². The van der Waals surface area contributed by atoms with Crippen LogP contribution < -0.4 is 10.9 Å². The molecule has 2 aromatic rings. The average Bonchev–Trinajstić information content (AvgIpc) is 2.95. The predicted molar refractivity (Wildman–Crippen MR) is 114 cm³/mol. The van der Waals surface area contributed by atoms with Crippen LogP contribution in [0.1, 0.15) is 51.0 Å². The third kappa shape index (κ3) is 4.29. The van der Waals surface area contributed by atoms with Crippen LogP contribution in [0.4, 0.5) is 0 Å². The summed E-state index contributed by atoms with van der Waals surface area (Å²) in [5, 5.41) is 4.00. The fourth-order valence-electron chi connectivity index (χ4n) is 3.28. The van der Waals surface area contributed by atoms with Crippen molar-refractivity contribution in [2.24, 2.45) is 0 Å². The monoisotopic (exact) mass is 405 g/mol. The van der Waals surface area contributed by atoms with E-state index in [4.69, 9.17) is 4.98 Å². The molecule has 0 fully saturated rings. The Balaban J connectivity index is 2.01. The van der Waals surface area contributed by atoms with E-state index in [-0.39, 0.29) is 22.3 Å². The smallest absolute Gasteiger partial charge is 0.263 e. The SMILES string of the molecule is C=CCn1c(S[C@@H](C)C(=O)NC(C)(C)C)nc2sc3c(c2c1=O)CCCC3. The standard InChI is InChI=1S/C20H27N3O2S2/c1-6-11-23-18(25)15-13-9-7-8-10-14(13)27-17(15)21-19(23)26-12(2)16(24)22-20(3,4)5/h6,12H,1,7-11H2,2-5H3,(H,22,24)/t12-/m0/s1. The summed E-state index contributed by atoms with van der Waals surface area (Å²) in [6.45, 7) is 11.9. The first-order valence-corrected chi connectivity index (χ1v) is 11.1. The van der Waals surface area contributed by atoms with Gasteiger partial charge in [0.15, 0.2) is 5.16 Å². The number of aromatic nitrogens is 2. The van der Waals surface area contributed by atoms with E-state index in [0.717, 1.165) is 29.5 Å². The zero-order chi connectivity index (χ0) is 19.8. The second-order valence-electron chi connectivity index (χ2n) is 7.99. The lowest BCUT2D eigenvalue weighted by molar-refractivity contribution is -0.121. The van der Waals surface area contributed by atoms with Gasteiger partial charge in [-0.05, 0) is 58.9 Å². The number of rotatable bonds is 5. The lowest BCUT2D eigenvalue weighted by Gasteiger charge is -2.23. The van der Waals surface area contributed by atoms with Gasteiger partial charge in [0.2, 0.25) is 5.91 Å². The zero-order valence-corrected chi connectivity index (χ0v) is 18.1. The number of nitrogens with one attached hydrogen (secondary N) is 1. The summed E-state index contributed by atoms with van der Waals surface area (Å²) < 4.78 is 1.66. The van der Waals surface area contributed by atoms with Gasteiger partial charge in [0, 0.05) is 17.0 Å². The zero-order valence-electron chi connectivity index (χ0n) is 16.4. The Morgan fingerprint density at radius 1 is 1.41 bits per heavy atom. The molecular formula is C20H27N3O2S2. The Morgan fingerprint density at radius 2 is 2.11 bits per heavy atom. The van der Waals surface area contributed by atoms with Crippen molar-refractivity contribution in [2.75, 3.05) is 0 Å². The first-order valence-electron chi connectivity index (χ1n) is 9.36. The van der Waals surface area contributed by atoms with E-state index in [1.54, 1.807) is 22.0 Å². The van der Waals surface area contributed by atoms with Crippen molar-refractivity contribution in [1.29, 1.82) is 0 Å². The normalized spacial score (nSPS) is 15.4. The average molecular weight is 406 g/mol. The molecule has 0 aliphatic heterocycles. The molecule has 0 aromatic carbocycles. The van der Waals surface area contributed by atoms with Gasteiger partial charge < -0.3 is 5.32 Å². The molecule has 5 nitrogen and oxygen atoms in total. The molecule has 1 aliphatic rings. The summed E-state index contributed by atoms with van der Waals surface area (Å²) in [5.74, 6) is -0.0579. The number of aryl methyl sites for hydroxylation is 2. The van der Waals surface area contributed by atoms with Gasteiger partial charge in [-0.1, -0.05) is 17.8 Å². The number of hydrogen-bond acceptors (Lipinski definition) is 5. The molecule has 7 heteroatoms. The summed E-state index contributed by atoms with van der Waals surface area (Å²) in [5.41, 5.74) is 0.883. The van der Waals surface area contributed by atoms with Crippen LogP contribution in [-0.4, -0.2) is 26.2 Å². The molecular weight excluding hydrogens is 378 g/mol. The number of thiophene rings is 1. The van der Waals surface area contributed by atoms with Crippen LogP contribution >= 0.6 is 23.1 Å². The summed E-state index contributed by atoms with van der Waals surface area (Å²) >= 11 is 2.97. The lowest BCUT2D eigenvalue weighted by atomic mass is 9.97. The quantitative estimate of drug-likeness (QED) is 0.465. The van der Waals surface area contributed by atoms with Crippen LogP contribution in [0.25, 0.3) is 10.2 Å². The summed E-state index contributed by atoms with van der Waals surface area (Å²) in [4.78, 5) is 32.6. The largest absolute Gasteiger partial charge is 0.351 e. The number of fused-ring (bicyclic) bond motifs is 3. The molecule has 0 saturated heterocycles. The van der Waals surface area contributed by atoms with Crippen molar-refractivity contribution in [3.63, 3.8) is 0 Å². The van der Waals surface area contributed by atoms with E-state index >= 15 is 0 Å². The molecule has 0 radical (unpaired) electrons. The highest BCUT2D eigenvalue weighted by atomic mass is 32.2. The minimum Gasteiger partial charge on any atom is -0.351 e. The molecule has 1 aliphatic carbocycles. The van der Waals surface area contributed by atoms with Crippen LogP contribution in [0.3, 0.4) is 0 Å². The number of allylic oxidation sites excluding steroid dienone is 1. The molecule has 0 unspecified atom stereocenters. The fourth-order valence-corrected chi connectivity index (χ4v) is 5.50. The van der Waals surface area contributed by atoms with Gasteiger partial charge in [-0.2, -0.15) is 0 Å². The van der Waals surface area contributed by atoms with Crippen molar-refractivity contribution >= 4 is 39.2 Å². The fraction of sp³-hybridized carbons (Fsp3) is 0.550. The molecule has 0 spiro atoms. The molecule has 2 heterocycles. The maximum atomic E-state index is 13.2. The van der Waals surface area contributed by atoms with E-state index in [9.17, 15) is 9.59 Å². The van der Waals surface area contributed by atoms with Crippen LogP contribution in [0.5, 0.6) is 0 Å². The Bertz CT molecular complexity index is 937. The van der Waals surface area contributed by atoms with Gasteiger partial charge in [-0.25, -0.2) is 4.98 Å². The molecule has 3 rings (SSSR count). The third-order valence-corrected chi connectivity index (χ3v) is 6.78. The molecule has 27 heavy (non-hydrogen) atoms. The van der Waals surface area contributed by atoms with E-state index in [1.165, 1.54) is 28.6 Å². The van der Waals surface area contributed by atoms with E-state index in [1.807, 2.05) is 27.7 Å². The Morgan fingerprint density at radius 3 is 2.78 bits per heavy atom. The highest BCUT2D eigenvalue weighted by molar-refractivity contribution is 8.00. The molecule has 1 amide bonds. The van der Waals surface area contributed by atoms with Gasteiger partial charge in [0.05, 0.1) is 10.6 Å². The summed E-state index contributed by atoms with van der Waals surface area (Å²) in [7, 11) is 0. The number of nitrogens with zero attached hydrogens (tertiary/aromatic N) is 2. The number of thioether (sulfide) groups is 1. The van der Waals surface area contributed by atoms with Crippen molar-refractivity contribution in [3.05, 3.63) is 33.4 Å². The van der Waals surface area contributed by atoms with Crippen LogP contribution in [0, 0.1) is 0 Å². The highest BCUT2D eigenvalue weighted by Crippen LogP contribution is 2.35. The minimum atomic E-state index is -0.348. The lowest BCUT2D eigenvalue weighted by Crippen LogP contribution is -2.44. The maximum absolute atomic E-state index is 13.2. The molecule has 1 atom stereocenters. The molecule has 0 bridgehead atoms. The predicted octanol–water partition coefficient (Wildman–Crippen LogP) is 3.92. The molecule has 0 saturated carbocycles. The number of amides is 1. The number of carbonyl (C=O) groups excluding carboxylic acids is 1. The first-order chi connectivity index (χ1) is 12.7. The Hall–Kier alpha value is -1.60. The van der Waals surface area contributed by atoms with E-state index in [0.29, 0.717) is 11.7 Å². The van der Waals surface area contributed by atoms with Gasteiger partial charge in [0.1, 0.15) is 4.83 Å². The van der Waals surface area contributed by atoms with E-state index < -0.39 is 0 Å². The van der Waals surface area contributed by atoms with Crippen LogP contribution in [0.2, 0.25) is 0 Å². The number of carbonyl (C=O) groups is 1. The number of hydrogen-bond donors (Lipinski definition) is 1. The summed E-state index contributed by atoms with van der Waals surface area (Å²) in [6, 6.07) is 0. The molecule has 2 aromatic heterocycles. The molecule has 146 valence electrons. The minimum absolute atomic E-state index is 0.00905. The second kappa shape index (κ2) is 7.80. The first kappa shape index (κ1) is 20.1. The third-order valence-electron chi connectivity index (χ3n) is 4.50.